The number of benzene rings is 2. The van der Waals surface area contributed by atoms with Gasteiger partial charge in [-0.15, -0.1) is 0 Å². The van der Waals surface area contributed by atoms with Crippen LogP contribution < -0.4 is 9.64 Å². The minimum Gasteiger partial charge on any atom is -0.496 e. The number of halogens is 2. The lowest BCUT2D eigenvalue weighted by atomic mass is 10.1. The Labute approximate surface area is 162 Å². The normalized spacial score (nSPS) is 21.1. The first-order valence-electron chi connectivity index (χ1n) is 8.13. The molecule has 4 rings (SSSR count). The number of imide groups is 1. The topological polar surface area (TPSA) is 74.6 Å². The fraction of sp³-hybridized carbons (Fsp3) is 0.222. The zero-order valence-corrected chi connectivity index (χ0v) is 15.8. The van der Waals surface area contributed by atoms with Gasteiger partial charge in [-0.05, 0) is 57.9 Å². The van der Waals surface area contributed by atoms with Crippen molar-refractivity contribution in [2.45, 2.75) is 18.6 Å². The van der Waals surface area contributed by atoms with Crippen LogP contribution in [0.15, 0.2) is 57.3 Å². The largest absolute Gasteiger partial charge is 0.496 e. The quantitative estimate of drug-likeness (QED) is 0.695. The summed E-state index contributed by atoms with van der Waals surface area (Å²) < 4.78 is 19.1. The Hall–Kier alpha value is -2.81. The number of rotatable bonds is 4. The van der Waals surface area contributed by atoms with Crippen LogP contribution >= 0.6 is 15.9 Å². The van der Waals surface area contributed by atoms with E-state index in [0.29, 0.717) is 18.0 Å². The number of hydrogen-bond acceptors (Lipinski definition) is 6. The van der Waals surface area contributed by atoms with E-state index >= 15 is 0 Å². The van der Waals surface area contributed by atoms with E-state index < -0.39 is 29.7 Å². The molecule has 2 amide bonds. The Kier molecular flexibility index (Phi) is 4.39. The SMILES string of the molecule is COc1ccc(CN2N=NC3C(=O)N(c4ccc(F)cc4)C(=O)C32)cc1Br. The van der Waals surface area contributed by atoms with E-state index in [0.717, 1.165) is 14.9 Å². The lowest BCUT2D eigenvalue weighted by molar-refractivity contribution is -0.123. The highest BCUT2D eigenvalue weighted by Crippen LogP contribution is 2.33. The summed E-state index contributed by atoms with van der Waals surface area (Å²) in [6, 6.07) is 9.04. The van der Waals surface area contributed by atoms with Crippen LogP contribution in [0.3, 0.4) is 0 Å². The second-order valence-electron chi connectivity index (χ2n) is 6.15. The van der Waals surface area contributed by atoms with Crippen molar-refractivity contribution in [1.29, 1.82) is 0 Å². The van der Waals surface area contributed by atoms with Crippen molar-refractivity contribution < 1.29 is 18.7 Å². The number of amides is 2. The van der Waals surface area contributed by atoms with Crippen LogP contribution in [0.25, 0.3) is 0 Å². The summed E-state index contributed by atoms with van der Waals surface area (Å²) in [7, 11) is 1.58. The van der Waals surface area contributed by atoms with Crippen molar-refractivity contribution in [3.8, 4) is 5.75 Å². The Morgan fingerprint density at radius 3 is 2.56 bits per heavy atom. The van der Waals surface area contributed by atoms with Gasteiger partial charge in [0.15, 0.2) is 12.1 Å². The van der Waals surface area contributed by atoms with Crippen molar-refractivity contribution in [1.82, 2.24) is 5.01 Å². The number of nitrogens with zero attached hydrogens (tertiary/aromatic N) is 4. The van der Waals surface area contributed by atoms with Gasteiger partial charge in [0.25, 0.3) is 11.8 Å². The molecule has 2 aliphatic heterocycles. The van der Waals surface area contributed by atoms with Crippen LogP contribution in [-0.4, -0.2) is 36.0 Å². The van der Waals surface area contributed by atoms with Gasteiger partial charge < -0.3 is 4.74 Å². The second-order valence-corrected chi connectivity index (χ2v) is 7.00. The third-order valence-corrected chi connectivity index (χ3v) is 5.12. The van der Waals surface area contributed by atoms with Gasteiger partial charge in [0.2, 0.25) is 0 Å². The predicted molar refractivity (Wildman–Crippen MR) is 97.6 cm³/mol. The first kappa shape index (κ1) is 17.6. The van der Waals surface area contributed by atoms with E-state index in [1.807, 2.05) is 12.1 Å². The maximum atomic E-state index is 13.1. The fourth-order valence-electron chi connectivity index (χ4n) is 3.19. The number of methoxy groups -OCH3 is 1. The summed E-state index contributed by atoms with van der Waals surface area (Å²) in [6.07, 6.45) is 0. The Bertz CT molecular complexity index is 950. The van der Waals surface area contributed by atoms with E-state index in [2.05, 4.69) is 26.3 Å². The number of ether oxygens (including phenoxy) is 1. The summed E-state index contributed by atoms with van der Waals surface area (Å²) in [5.74, 6) is -0.633. The van der Waals surface area contributed by atoms with Crippen LogP contribution in [0.4, 0.5) is 10.1 Å². The average Bonchev–Trinajstić information content (AvgIpc) is 3.17. The summed E-state index contributed by atoms with van der Waals surface area (Å²) in [6.45, 7) is 0.309. The van der Waals surface area contributed by atoms with Gasteiger partial charge >= 0.3 is 0 Å². The Morgan fingerprint density at radius 1 is 1.15 bits per heavy atom. The molecule has 2 aromatic rings. The minimum absolute atomic E-state index is 0.309. The molecule has 0 spiro atoms. The predicted octanol–water partition coefficient (Wildman–Crippen LogP) is 3.09. The summed E-state index contributed by atoms with van der Waals surface area (Å²) in [4.78, 5) is 26.5. The van der Waals surface area contributed by atoms with Gasteiger partial charge in [0, 0.05) is 0 Å². The third-order valence-electron chi connectivity index (χ3n) is 4.50. The number of fused-ring (bicyclic) bond motifs is 1. The molecule has 1 fully saturated rings. The molecule has 2 aliphatic rings. The molecule has 2 heterocycles. The smallest absolute Gasteiger partial charge is 0.263 e. The van der Waals surface area contributed by atoms with Gasteiger partial charge in [-0.1, -0.05) is 11.3 Å². The van der Waals surface area contributed by atoms with Gasteiger partial charge in [-0.3, -0.25) is 14.6 Å². The maximum Gasteiger partial charge on any atom is 0.263 e. The van der Waals surface area contributed by atoms with Crippen LogP contribution in [0, 0.1) is 5.82 Å². The van der Waals surface area contributed by atoms with Crippen LogP contribution in [0.5, 0.6) is 5.75 Å². The van der Waals surface area contributed by atoms with Gasteiger partial charge in [0.1, 0.15) is 11.6 Å². The van der Waals surface area contributed by atoms with E-state index in [4.69, 9.17) is 4.74 Å². The zero-order valence-electron chi connectivity index (χ0n) is 14.2. The number of carbonyl (C=O) groups excluding carboxylic acids is 2. The average molecular weight is 433 g/mol. The number of carbonyl (C=O) groups is 2. The molecule has 0 saturated carbocycles. The minimum atomic E-state index is -0.885. The van der Waals surface area contributed by atoms with E-state index in [1.165, 1.54) is 29.3 Å². The van der Waals surface area contributed by atoms with E-state index in [9.17, 15) is 14.0 Å². The molecule has 1 saturated heterocycles. The van der Waals surface area contributed by atoms with Crippen molar-refractivity contribution in [3.63, 3.8) is 0 Å². The molecular formula is C18H14BrFN4O3. The summed E-state index contributed by atoms with van der Waals surface area (Å²) in [5, 5.41) is 9.50. The lowest BCUT2D eigenvalue weighted by Gasteiger charge is -2.21. The van der Waals surface area contributed by atoms with Crippen molar-refractivity contribution in [2.75, 3.05) is 12.0 Å². The zero-order chi connectivity index (χ0) is 19.1. The first-order valence-corrected chi connectivity index (χ1v) is 8.92. The molecule has 2 atom stereocenters. The molecule has 2 unspecified atom stereocenters. The van der Waals surface area contributed by atoms with Crippen molar-refractivity contribution in [2.24, 2.45) is 10.3 Å². The highest BCUT2D eigenvalue weighted by molar-refractivity contribution is 9.10. The number of hydrogen-bond donors (Lipinski definition) is 0. The van der Waals surface area contributed by atoms with Gasteiger partial charge in [-0.2, -0.15) is 5.11 Å². The standard InChI is InChI=1S/C18H14BrFN4O3/c1-27-14-7-2-10(8-13(14)19)9-23-16-15(21-22-23)17(25)24(18(16)26)12-5-3-11(20)4-6-12/h2-8,15-16H,9H2,1H3. The van der Waals surface area contributed by atoms with Crippen molar-refractivity contribution in [3.05, 3.63) is 58.3 Å². The summed E-state index contributed by atoms with van der Waals surface area (Å²) in [5.41, 5.74) is 1.20. The highest BCUT2D eigenvalue weighted by atomic mass is 79.9. The van der Waals surface area contributed by atoms with Gasteiger partial charge in [0.05, 0.1) is 23.8 Å². The molecule has 2 aromatic carbocycles. The fourth-order valence-corrected chi connectivity index (χ4v) is 3.78. The highest BCUT2D eigenvalue weighted by Gasteiger charge is 2.54. The van der Waals surface area contributed by atoms with Gasteiger partial charge in [-0.25, -0.2) is 9.29 Å². The maximum absolute atomic E-state index is 13.1. The molecule has 9 heteroatoms. The number of anilines is 1. The molecule has 27 heavy (non-hydrogen) atoms. The molecule has 0 aromatic heterocycles. The van der Waals surface area contributed by atoms with Crippen LogP contribution in [-0.2, 0) is 16.1 Å². The Morgan fingerprint density at radius 2 is 1.89 bits per heavy atom. The Balaban J connectivity index is 1.58. The molecular weight excluding hydrogens is 419 g/mol. The molecule has 0 N–H and O–H groups in total. The molecule has 0 bridgehead atoms. The molecule has 0 radical (unpaired) electrons. The lowest BCUT2D eigenvalue weighted by Crippen LogP contribution is -2.39. The monoisotopic (exact) mass is 432 g/mol. The van der Waals surface area contributed by atoms with Crippen LogP contribution in [0.2, 0.25) is 0 Å². The summed E-state index contributed by atoms with van der Waals surface area (Å²) >= 11 is 3.42. The molecule has 138 valence electrons. The second kappa shape index (κ2) is 6.73. The first-order chi connectivity index (χ1) is 13.0. The third kappa shape index (κ3) is 2.97. The van der Waals surface area contributed by atoms with Crippen LogP contribution in [0.1, 0.15) is 5.56 Å². The van der Waals surface area contributed by atoms with E-state index in [1.54, 1.807) is 13.2 Å². The van der Waals surface area contributed by atoms with E-state index in [-0.39, 0.29) is 0 Å². The van der Waals surface area contributed by atoms with Crippen molar-refractivity contribution >= 4 is 33.4 Å². The molecule has 0 aliphatic carbocycles. The molecule has 7 nitrogen and oxygen atoms in total.